The topological polar surface area (TPSA) is 57.2 Å². The number of aromatic nitrogens is 3. The van der Waals surface area contributed by atoms with Gasteiger partial charge in [0.25, 0.3) is 5.91 Å². The van der Waals surface area contributed by atoms with E-state index in [-0.39, 0.29) is 17.9 Å². The van der Waals surface area contributed by atoms with Crippen molar-refractivity contribution in [3.05, 3.63) is 126 Å². The van der Waals surface area contributed by atoms with Crippen LogP contribution in [0.15, 0.2) is 97.7 Å². The van der Waals surface area contributed by atoms with Crippen LogP contribution in [0.3, 0.4) is 0 Å². The lowest BCUT2D eigenvalue weighted by atomic mass is 9.84. The molecule has 6 rings (SSSR count). The molecule has 0 aliphatic carbocycles. The van der Waals surface area contributed by atoms with Crippen molar-refractivity contribution in [1.82, 2.24) is 24.3 Å². The SMILES string of the molecule is CCC(c1ccccc1)n1cncc1C(c1c[nH]cc1C(=O)N1CCN(C)CC1)c1cccc2ccccc12. The predicted molar refractivity (Wildman–Crippen MR) is 156 cm³/mol. The normalized spacial score (nSPS) is 15.9. The first-order chi connectivity index (χ1) is 19.2. The highest BCUT2D eigenvalue weighted by atomic mass is 16.2. The molecule has 1 amide bonds. The van der Waals surface area contributed by atoms with Crippen LogP contribution in [0, 0.1) is 0 Å². The van der Waals surface area contributed by atoms with Crippen LogP contribution in [0.4, 0.5) is 0 Å². The number of nitrogens with zero attached hydrogens (tertiary/aromatic N) is 4. The Balaban J connectivity index is 1.52. The number of hydrogen-bond donors (Lipinski definition) is 1. The molecule has 2 unspecified atom stereocenters. The second kappa shape index (κ2) is 10.9. The first-order valence-electron chi connectivity index (χ1n) is 13.8. The van der Waals surface area contributed by atoms with Gasteiger partial charge in [0, 0.05) is 50.5 Å². The van der Waals surface area contributed by atoms with Gasteiger partial charge in [-0.15, -0.1) is 0 Å². The van der Waals surface area contributed by atoms with E-state index in [4.69, 9.17) is 0 Å². The lowest BCUT2D eigenvalue weighted by Gasteiger charge is -2.33. The molecular weight excluding hydrogens is 482 g/mol. The minimum atomic E-state index is -0.172. The number of benzene rings is 3. The first-order valence-corrected chi connectivity index (χ1v) is 13.8. The number of aromatic amines is 1. The number of carbonyl (C=O) groups is 1. The van der Waals surface area contributed by atoms with Gasteiger partial charge in [0.15, 0.2) is 0 Å². The third-order valence-electron chi connectivity index (χ3n) is 8.14. The molecule has 198 valence electrons. The smallest absolute Gasteiger partial charge is 0.255 e. The molecule has 0 bridgehead atoms. The third-order valence-corrected chi connectivity index (χ3v) is 8.14. The van der Waals surface area contributed by atoms with Crippen molar-refractivity contribution < 1.29 is 4.79 Å². The molecule has 1 N–H and O–H groups in total. The second-order valence-corrected chi connectivity index (χ2v) is 10.5. The highest BCUT2D eigenvalue weighted by Crippen LogP contribution is 2.40. The first kappa shape index (κ1) is 25.1. The maximum absolute atomic E-state index is 13.9. The molecule has 5 aromatic rings. The summed E-state index contributed by atoms with van der Waals surface area (Å²) in [6.45, 7) is 5.47. The van der Waals surface area contributed by atoms with E-state index in [0.717, 1.165) is 49.4 Å². The number of likely N-dealkylation sites (N-methyl/N-ethyl adjacent to an activating group) is 1. The van der Waals surface area contributed by atoms with Crippen LogP contribution in [0.5, 0.6) is 0 Å². The molecule has 2 aromatic heterocycles. The minimum absolute atomic E-state index is 0.0887. The van der Waals surface area contributed by atoms with E-state index < -0.39 is 0 Å². The number of hydrogen-bond acceptors (Lipinski definition) is 3. The van der Waals surface area contributed by atoms with Gasteiger partial charge in [-0.3, -0.25) is 4.79 Å². The van der Waals surface area contributed by atoms with Crippen molar-refractivity contribution >= 4 is 16.7 Å². The molecule has 6 nitrogen and oxygen atoms in total. The van der Waals surface area contributed by atoms with Crippen LogP contribution < -0.4 is 0 Å². The molecule has 0 saturated carbocycles. The summed E-state index contributed by atoms with van der Waals surface area (Å²) in [7, 11) is 2.11. The van der Waals surface area contributed by atoms with Gasteiger partial charge in [0.05, 0.1) is 23.9 Å². The summed E-state index contributed by atoms with van der Waals surface area (Å²) < 4.78 is 2.30. The van der Waals surface area contributed by atoms with Gasteiger partial charge in [-0.1, -0.05) is 79.7 Å². The average molecular weight is 518 g/mol. The molecule has 6 heteroatoms. The van der Waals surface area contributed by atoms with Crippen LogP contribution in [0.2, 0.25) is 0 Å². The number of piperazine rings is 1. The van der Waals surface area contributed by atoms with Crippen molar-refractivity contribution in [2.75, 3.05) is 33.2 Å². The number of amides is 1. The van der Waals surface area contributed by atoms with Crippen molar-refractivity contribution in [2.24, 2.45) is 0 Å². The lowest BCUT2D eigenvalue weighted by molar-refractivity contribution is 0.0663. The predicted octanol–water partition coefficient (Wildman–Crippen LogP) is 5.93. The Morgan fingerprint density at radius 1 is 0.897 bits per heavy atom. The molecule has 0 radical (unpaired) electrons. The van der Waals surface area contributed by atoms with Gasteiger partial charge < -0.3 is 19.4 Å². The van der Waals surface area contributed by atoms with Gasteiger partial charge in [-0.25, -0.2) is 4.98 Å². The lowest BCUT2D eigenvalue weighted by Crippen LogP contribution is -2.47. The fourth-order valence-electron chi connectivity index (χ4n) is 6.04. The molecule has 39 heavy (non-hydrogen) atoms. The quantitative estimate of drug-likeness (QED) is 0.291. The van der Waals surface area contributed by atoms with E-state index in [9.17, 15) is 4.79 Å². The molecule has 1 fully saturated rings. The maximum atomic E-state index is 13.9. The van der Waals surface area contributed by atoms with E-state index in [1.807, 2.05) is 29.8 Å². The summed E-state index contributed by atoms with van der Waals surface area (Å²) in [6.07, 6.45) is 8.74. The zero-order valence-electron chi connectivity index (χ0n) is 22.6. The summed E-state index contributed by atoms with van der Waals surface area (Å²) >= 11 is 0. The van der Waals surface area contributed by atoms with E-state index >= 15 is 0 Å². The van der Waals surface area contributed by atoms with Gasteiger partial charge >= 0.3 is 0 Å². The summed E-state index contributed by atoms with van der Waals surface area (Å²) in [5.74, 6) is -0.0835. The zero-order valence-corrected chi connectivity index (χ0v) is 22.6. The molecule has 1 saturated heterocycles. The Bertz CT molecular complexity index is 1560. The van der Waals surface area contributed by atoms with Gasteiger partial charge in [0.1, 0.15) is 0 Å². The Morgan fingerprint density at radius 2 is 1.64 bits per heavy atom. The molecule has 3 heterocycles. The Labute approximate surface area is 229 Å². The number of H-pyrrole nitrogens is 1. The van der Waals surface area contributed by atoms with Gasteiger partial charge in [-0.2, -0.15) is 0 Å². The monoisotopic (exact) mass is 517 g/mol. The van der Waals surface area contributed by atoms with Crippen LogP contribution in [0.1, 0.15) is 58.0 Å². The summed E-state index contributed by atoms with van der Waals surface area (Å²) in [4.78, 5) is 26.2. The minimum Gasteiger partial charge on any atom is -0.367 e. The Morgan fingerprint density at radius 3 is 2.44 bits per heavy atom. The summed E-state index contributed by atoms with van der Waals surface area (Å²) in [6, 6.07) is 25.7. The molecule has 2 atom stereocenters. The molecule has 1 aliphatic rings. The molecule has 1 aliphatic heterocycles. The maximum Gasteiger partial charge on any atom is 0.255 e. The molecule has 0 spiro atoms. The van der Waals surface area contributed by atoms with E-state index in [1.165, 1.54) is 21.9 Å². The van der Waals surface area contributed by atoms with Gasteiger partial charge in [0.2, 0.25) is 0 Å². The molecule has 3 aromatic carbocycles. The molecular formula is C33H35N5O. The van der Waals surface area contributed by atoms with Crippen molar-refractivity contribution in [2.45, 2.75) is 25.3 Å². The Hall–Kier alpha value is -4.16. The number of carbonyl (C=O) groups excluding carboxylic acids is 1. The summed E-state index contributed by atoms with van der Waals surface area (Å²) in [5, 5.41) is 2.37. The largest absolute Gasteiger partial charge is 0.367 e. The van der Waals surface area contributed by atoms with E-state index in [2.05, 4.69) is 106 Å². The number of rotatable bonds is 7. The van der Waals surface area contributed by atoms with Crippen molar-refractivity contribution in [1.29, 1.82) is 0 Å². The Kier molecular flexibility index (Phi) is 7.03. The highest BCUT2D eigenvalue weighted by molar-refractivity contribution is 5.97. The van der Waals surface area contributed by atoms with E-state index in [0.29, 0.717) is 0 Å². The van der Waals surface area contributed by atoms with Crippen LogP contribution in [-0.4, -0.2) is 63.5 Å². The van der Waals surface area contributed by atoms with Crippen LogP contribution in [-0.2, 0) is 0 Å². The van der Waals surface area contributed by atoms with Crippen molar-refractivity contribution in [3.63, 3.8) is 0 Å². The number of imidazole rings is 1. The number of nitrogens with one attached hydrogen (secondary N) is 1. The summed E-state index contributed by atoms with van der Waals surface area (Å²) in [5.41, 5.74) is 5.22. The fraction of sp³-hybridized carbons (Fsp3) is 0.273. The van der Waals surface area contributed by atoms with Crippen molar-refractivity contribution in [3.8, 4) is 0 Å². The van der Waals surface area contributed by atoms with Crippen LogP contribution >= 0.6 is 0 Å². The highest BCUT2D eigenvalue weighted by Gasteiger charge is 2.31. The standard InChI is InChI=1S/C33H35N5O/c1-3-30(25-11-5-4-6-12-25)38-23-35-22-31(38)32(27-15-9-13-24-10-7-8-14-26(24)27)28-20-34-21-29(28)33(39)37-18-16-36(2)17-19-37/h4-15,20-23,30,32,34H,3,16-19H2,1-2H3. The zero-order chi connectivity index (χ0) is 26.8. The number of fused-ring (bicyclic) bond motifs is 1. The average Bonchev–Trinajstić information content (AvgIpc) is 3.65. The van der Waals surface area contributed by atoms with Crippen LogP contribution in [0.25, 0.3) is 10.8 Å². The second-order valence-electron chi connectivity index (χ2n) is 10.5. The van der Waals surface area contributed by atoms with Gasteiger partial charge in [-0.05, 0) is 40.9 Å². The third kappa shape index (κ3) is 4.77. The fourth-order valence-corrected chi connectivity index (χ4v) is 6.04. The van der Waals surface area contributed by atoms with E-state index in [1.54, 1.807) is 0 Å².